The minimum atomic E-state index is -0.634. The molecule has 2 atom stereocenters. The zero-order valence-electron chi connectivity index (χ0n) is 9.00. The first-order valence-corrected chi connectivity index (χ1v) is 6.70. The van der Waals surface area contributed by atoms with E-state index in [9.17, 15) is 5.26 Å². The Bertz CT molecular complexity index is 269. The van der Waals surface area contributed by atoms with Crippen LogP contribution in [0.5, 0.6) is 0 Å². The number of halogens is 2. The van der Waals surface area contributed by atoms with Crippen LogP contribution in [0.3, 0.4) is 0 Å². The minimum Gasteiger partial charge on any atom is -0.219 e. The molecule has 0 saturated carbocycles. The molecule has 84 valence electrons. The third-order valence-corrected chi connectivity index (χ3v) is 4.77. The van der Waals surface area contributed by atoms with E-state index in [0.29, 0.717) is 18.2 Å². The molecular formula is C10H15Br2N3. The van der Waals surface area contributed by atoms with Crippen LogP contribution < -0.4 is 0 Å². The monoisotopic (exact) mass is 335 g/mol. The van der Waals surface area contributed by atoms with Crippen LogP contribution in [0.25, 0.3) is 0 Å². The van der Waals surface area contributed by atoms with Crippen LogP contribution >= 0.6 is 32.1 Å². The van der Waals surface area contributed by atoms with E-state index >= 15 is 0 Å². The number of hydrogen-bond donors (Lipinski definition) is 0. The highest BCUT2D eigenvalue weighted by Crippen LogP contribution is 2.30. The predicted octanol–water partition coefficient (Wildman–Crippen LogP) is 3.36. The highest BCUT2D eigenvalue weighted by Gasteiger charge is 2.36. The average Bonchev–Trinajstić information content (AvgIpc) is 2.29. The van der Waals surface area contributed by atoms with Gasteiger partial charge in [0, 0.05) is 33.9 Å². The van der Waals surface area contributed by atoms with E-state index in [1.165, 1.54) is 0 Å². The lowest BCUT2D eigenvalue weighted by molar-refractivity contribution is 0.239. The van der Waals surface area contributed by atoms with Crippen LogP contribution in [0, 0.1) is 22.7 Å². The second-order valence-corrected chi connectivity index (χ2v) is 4.83. The Morgan fingerprint density at radius 1 is 1.47 bits per heavy atom. The maximum atomic E-state index is 9.26. The molecule has 0 aromatic rings. The first-order valence-electron chi connectivity index (χ1n) is 4.87. The summed E-state index contributed by atoms with van der Waals surface area (Å²) in [5.74, 6) is 0. The van der Waals surface area contributed by atoms with Gasteiger partial charge in [-0.25, -0.2) is 3.93 Å². The van der Waals surface area contributed by atoms with E-state index in [1.807, 2.05) is 3.93 Å². The summed E-state index contributed by atoms with van der Waals surface area (Å²) in [5, 5.41) is 18.4. The Kier molecular flexibility index (Phi) is 7.17. The highest BCUT2D eigenvalue weighted by atomic mass is 79.9. The van der Waals surface area contributed by atoms with Crippen molar-refractivity contribution in [3.63, 3.8) is 0 Å². The predicted molar refractivity (Wildman–Crippen MR) is 67.5 cm³/mol. The lowest BCUT2D eigenvalue weighted by Gasteiger charge is -2.36. The van der Waals surface area contributed by atoms with Gasteiger partial charge in [0.25, 0.3) is 0 Å². The van der Waals surface area contributed by atoms with Crippen molar-refractivity contribution in [2.45, 2.75) is 44.7 Å². The second kappa shape index (κ2) is 7.22. The van der Waals surface area contributed by atoms with Crippen molar-refractivity contribution >= 4 is 32.1 Å². The third kappa shape index (κ3) is 3.75. The molecule has 0 aromatic carbocycles. The van der Waals surface area contributed by atoms with Gasteiger partial charge in [0.05, 0.1) is 12.1 Å². The number of nitrogens with zero attached hydrogens (tertiary/aromatic N) is 3. The Morgan fingerprint density at radius 3 is 2.40 bits per heavy atom. The van der Waals surface area contributed by atoms with Crippen molar-refractivity contribution in [2.75, 3.05) is 5.33 Å². The summed E-state index contributed by atoms with van der Waals surface area (Å²) in [6.45, 7) is 4.12. The van der Waals surface area contributed by atoms with Gasteiger partial charge in [0.15, 0.2) is 0 Å². The van der Waals surface area contributed by atoms with Gasteiger partial charge < -0.3 is 0 Å². The molecule has 0 N–H and O–H groups in total. The van der Waals surface area contributed by atoms with E-state index < -0.39 is 5.54 Å². The largest absolute Gasteiger partial charge is 0.219 e. The van der Waals surface area contributed by atoms with Gasteiger partial charge >= 0.3 is 0 Å². The molecule has 0 rings (SSSR count). The molecule has 0 aliphatic heterocycles. The molecule has 0 aliphatic carbocycles. The normalized spacial score (nSPS) is 16.5. The quantitative estimate of drug-likeness (QED) is 0.552. The van der Waals surface area contributed by atoms with Gasteiger partial charge in [-0.15, -0.1) is 0 Å². The fourth-order valence-corrected chi connectivity index (χ4v) is 2.89. The van der Waals surface area contributed by atoms with Crippen molar-refractivity contribution < 1.29 is 0 Å². The Hall–Kier alpha value is -0.1000. The molecule has 2 unspecified atom stereocenters. The Morgan fingerprint density at radius 2 is 2.07 bits per heavy atom. The molecule has 0 fully saturated rings. The number of alkyl halides is 1. The molecule has 0 amide bonds. The fourth-order valence-electron chi connectivity index (χ4n) is 1.21. The molecule has 0 heterocycles. The van der Waals surface area contributed by atoms with Gasteiger partial charge in [0.1, 0.15) is 5.54 Å². The molecule has 0 bridgehead atoms. The molecule has 0 aliphatic rings. The SMILES string of the molecule is CCC(C)N(Br)C(C#N)(CBr)CCC#N. The first-order chi connectivity index (χ1) is 7.07. The van der Waals surface area contributed by atoms with Crippen LogP contribution in [0.15, 0.2) is 0 Å². The van der Waals surface area contributed by atoms with Crippen LogP contribution in [-0.2, 0) is 0 Å². The Labute approximate surface area is 109 Å². The summed E-state index contributed by atoms with van der Waals surface area (Å²) in [6, 6.07) is 4.64. The van der Waals surface area contributed by atoms with Crippen molar-refractivity contribution in [1.29, 1.82) is 10.5 Å². The van der Waals surface area contributed by atoms with Gasteiger partial charge in [-0.05, 0) is 19.8 Å². The molecular weight excluding hydrogens is 322 g/mol. The van der Waals surface area contributed by atoms with Crippen molar-refractivity contribution in [3.8, 4) is 12.1 Å². The molecule has 0 aromatic heterocycles. The zero-order valence-corrected chi connectivity index (χ0v) is 12.2. The van der Waals surface area contributed by atoms with Crippen molar-refractivity contribution in [1.82, 2.24) is 3.93 Å². The maximum Gasteiger partial charge on any atom is 0.129 e. The topological polar surface area (TPSA) is 50.8 Å². The Balaban J connectivity index is 4.78. The van der Waals surface area contributed by atoms with Crippen molar-refractivity contribution in [3.05, 3.63) is 0 Å². The number of rotatable bonds is 6. The van der Waals surface area contributed by atoms with Crippen molar-refractivity contribution in [2.24, 2.45) is 0 Å². The van der Waals surface area contributed by atoms with Crippen LogP contribution in [0.4, 0.5) is 0 Å². The van der Waals surface area contributed by atoms with E-state index in [1.54, 1.807) is 0 Å². The maximum absolute atomic E-state index is 9.26. The van der Waals surface area contributed by atoms with Gasteiger partial charge in [-0.1, -0.05) is 22.9 Å². The summed E-state index contributed by atoms with van der Waals surface area (Å²) < 4.78 is 1.88. The van der Waals surface area contributed by atoms with Crippen LogP contribution in [0.2, 0.25) is 0 Å². The highest BCUT2D eigenvalue weighted by molar-refractivity contribution is 9.09. The molecule has 5 heteroatoms. The smallest absolute Gasteiger partial charge is 0.129 e. The van der Waals surface area contributed by atoms with Crippen LogP contribution in [-0.4, -0.2) is 20.8 Å². The first kappa shape index (κ1) is 14.9. The molecule has 15 heavy (non-hydrogen) atoms. The summed E-state index contributed by atoms with van der Waals surface area (Å²) in [7, 11) is 0. The van der Waals surface area contributed by atoms with E-state index in [2.05, 4.69) is 58.1 Å². The van der Waals surface area contributed by atoms with Gasteiger partial charge in [0.2, 0.25) is 0 Å². The summed E-state index contributed by atoms with van der Waals surface area (Å²) >= 11 is 6.81. The van der Waals surface area contributed by atoms with Gasteiger partial charge in [-0.2, -0.15) is 10.5 Å². The van der Waals surface area contributed by atoms with E-state index in [0.717, 1.165) is 6.42 Å². The van der Waals surface area contributed by atoms with E-state index in [4.69, 9.17) is 5.26 Å². The summed E-state index contributed by atoms with van der Waals surface area (Å²) in [6.07, 6.45) is 1.88. The molecule has 0 spiro atoms. The second-order valence-electron chi connectivity index (χ2n) is 3.50. The standard InChI is InChI=1S/C10H15Br2N3/c1-3-9(2)15(12)10(7-11,8-14)5-4-6-13/h9H,3-5,7H2,1-2H3. The molecule has 0 saturated heterocycles. The number of nitriles is 2. The number of hydrogen-bond acceptors (Lipinski definition) is 3. The summed E-state index contributed by atoms with van der Waals surface area (Å²) in [4.78, 5) is 0. The lowest BCUT2D eigenvalue weighted by Crippen LogP contribution is -2.47. The molecule has 0 radical (unpaired) electrons. The molecule has 3 nitrogen and oxygen atoms in total. The lowest BCUT2D eigenvalue weighted by atomic mass is 9.96. The fraction of sp³-hybridized carbons (Fsp3) is 0.800. The average molecular weight is 337 g/mol. The van der Waals surface area contributed by atoms with Crippen LogP contribution in [0.1, 0.15) is 33.1 Å². The zero-order chi connectivity index (χ0) is 11.9. The summed E-state index contributed by atoms with van der Waals surface area (Å²) in [5.41, 5.74) is -0.634. The minimum absolute atomic E-state index is 0.265. The third-order valence-electron chi connectivity index (χ3n) is 2.47. The van der Waals surface area contributed by atoms with Gasteiger partial charge in [-0.3, -0.25) is 0 Å². The van der Waals surface area contributed by atoms with E-state index in [-0.39, 0.29) is 6.04 Å².